The highest BCUT2D eigenvalue weighted by molar-refractivity contribution is 6.30. The Morgan fingerprint density at radius 1 is 1.00 bits per heavy atom. The minimum atomic E-state index is -1.15. The third-order valence-corrected chi connectivity index (χ3v) is 5.02. The number of rotatable bonds is 8. The first-order valence-electron chi connectivity index (χ1n) is 9.13. The normalized spacial score (nSPS) is 12.8. The van der Waals surface area contributed by atoms with Gasteiger partial charge in [0.05, 0.1) is 18.2 Å². The fourth-order valence-corrected chi connectivity index (χ4v) is 3.30. The molecule has 0 spiro atoms. The van der Waals surface area contributed by atoms with Crippen LogP contribution >= 0.6 is 23.2 Å². The first kappa shape index (κ1) is 23.0. The number of hydrogen-bond donors (Lipinski definition) is 4. The summed E-state index contributed by atoms with van der Waals surface area (Å²) in [5.41, 5.74) is 7.25. The maximum Gasteiger partial charge on any atom is 0.152 e. The second-order valence-electron chi connectivity index (χ2n) is 6.56. The van der Waals surface area contributed by atoms with Gasteiger partial charge in [0.25, 0.3) is 0 Å². The standard InChI is InChI=1S/C22H18Cl2FN3O3/c23-15-4-1-13(2-5-15)22(18-8-6-16(24)9-19(18)21(30)12-29)27-28-31-17-7-3-14(11-26)20(25)10-17/h1-10,21-22,27-30H,12H2. The second kappa shape index (κ2) is 10.6. The van der Waals surface area contributed by atoms with E-state index in [-0.39, 0.29) is 11.3 Å². The molecule has 0 aliphatic heterocycles. The number of hydrazine groups is 1. The van der Waals surface area contributed by atoms with E-state index < -0.39 is 24.6 Å². The molecule has 6 nitrogen and oxygen atoms in total. The first-order chi connectivity index (χ1) is 14.9. The summed E-state index contributed by atoms with van der Waals surface area (Å²) < 4.78 is 13.8. The Morgan fingerprint density at radius 2 is 1.71 bits per heavy atom. The van der Waals surface area contributed by atoms with E-state index in [0.717, 1.165) is 11.6 Å². The van der Waals surface area contributed by atoms with E-state index >= 15 is 0 Å². The zero-order chi connectivity index (χ0) is 22.4. The fourth-order valence-electron chi connectivity index (χ4n) is 2.99. The highest BCUT2D eigenvalue weighted by Gasteiger charge is 2.21. The molecule has 2 atom stereocenters. The topological polar surface area (TPSA) is 97.5 Å². The summed E-state index contributed by atoms with van der Waals surface area (Å²) in [5.74, 6) is -0.562. The van der Waals surface area contributed by atoms with Gasteiger partial charge in [-0.1, -0.05) is 47.0 Å². The van der Waals surface area contributed by atoms with Crippen LogP contribution in [0, 0.1) is 17.1 Å². The van der Waals surface area contributed by atoms with E-state index in [1.165, 1.54) is 12.1 Å². The van der Waals surface area contributed by atoms with Gasteiger partial charge >= 0.3 is 0 Å². The monoisotopic (exact) mass is 461 g/mol. The number of nitriles is 1. The van der Waals surface area contributed by atoms with Crippen LogP contribution in [0.2, 0.25) is 10.0 Å². The van der Waals surface area contributed by atoms with Crippen molar-refractivity contribution in [3.05, 3.63) is 98.8 Å². The maximum absolute atomic E-state index is 13.8. The molecular formula is C22H18Cl2FN3O3. The van der Waals surface area contributed by atoms with Crippen molar-refractivity contribution in [2.75, 3.05) is 6.61 Å². The molecule has 0 aromatic heterocycles. The molecule has 31 heavy (non-hydrogen) atoms. The van der Waals surface area contributed by atoms with Gasteiger partial charge in [-0.05, 0) is 53.1 Å². The molecular weight excluding hydrogens is 444 g/mol. The van der Waals surface area contributed by atoms with Gasteiger partial charge in [-0.3, -0.25) is 0 Å². The van der Waals surface area contributed by atoms with Gasteiger partial charge in [0.2, 0.25) is 0 Å². The number of halogens is 3. The number of aliphatic hydroxyl groups is 2. The van der Waals surface area contributed by atoms with Crippen LogP contribution < -0.4 is 15.9 Å². The number of nitrogens with zero attached hydrogens (tertiary/aromatic N) is 1. The van der Waals surface area contributed by atoms with Crippen LogP contribution in [0.15, 0.2) is 60.7 Å². The molecule has 0 fully saturated rings. The van der Waals surface area contributed by atoms with Crippen molar-refractivity contribution >= 4 is 23.2 Å². The molecule has 3 aromatic rings. The van der Waals surface area contributed by atoms with Gasteiger partial charge in [-0.25, -0.2) is 9.82 Å². The van der Waals surface area contributed by atoms with Crippen molar-refractivity contribution in [2.24, 2.45) is 0 Å². The Morgan fingerprint density at radius 3 is 2.35 bits per heavy atom. The molecule has 2 unspecified atom stereocenters. The summed E-state index contributed by atoms with van der Waals surface area (Å²) in [5, 5.41) is 29.5. The Balaban J connectivity index is 1.89. The summed E-state index contributed by atoms with van der Waals surface area (Å²) in [7, 11) is 0. The van der Waals surface area contributed by atoms with Gasteiger partial charge in [-0.2, -0.15) is 5.26 Å². The minimum Gasteiger partial charge on any atom is -0.394 e. The molecule has 9 heteroatoms. The Bertz CT molecular complexity index is 1090. The summed E-state index contributed by atoms with van der Waals surface area (Å²) in [6.45, 7) is -0.491. The van der Waals surface area contributed by atoms with Crippen molar-refractivity contribution in [3.8, 4) is 11.8 Å². The smallest absolute Gasteiger partial charge is 0.152 e. The lowest BCUT2D eigenvalue weighted by molar-refractivity contribution is 0.0934. The maximum atomic E-state index is 13.8. The summed E-state index contributed by atoms with van der Waals surface area (Å²) in [4.78, 5) is 5.36. The van der Waals surface area contributed by atoms with Crippen LogP contribution in [0.3, 0.4) is 0 Å². The van der Waals surface area contributed by atoms with Gasteiger partial charge in [0.15, 0.2) is 5.75 Å². The molecule has 0 bridgehead atoms. The first-order valence-corrected chi connectivity index (χ1v) is 9.89. The average molecular weight is 462 g/mol. The van der Waals surface area contributed by atoms with E-state index in [9.17, 15) is 14.6 Å². The van der Waals surface area contributed by atoms with Gasteiger partial charge in [0, 0.05) is 16.1 Å². The zero-order valence-electron chi connectivity index (χ0n) is 16.0. The highest BCUT2D eigenvalue weighted by atomic mass is 35.5. The highest BCUT2D eigenvalue weighted by Crippen LogP contribution is 2.31. The summed E-state index contributed by atoms with van der Waals surface area (Å²) in [6.07, 6.45) is -1.15. The Labute approximate surface area is 188 Å². The third kappa shape index (κ3) is 5.71. The van der Waals surface area contributed by atoms with E-state index in [4.69, 9.17) is 33.3 Å². The zero-order valence-corrected chi connectivity index (χ0v) is 17.5. The van der Waals surface area contributed by atoms with Crippen LogP contribution in [0.1, 0.15) is 34.4 Å². The predicted octanol–water partition coefficient (Wildman–Crippen LogP) is 4.21. The van der Waals surface area contributed by atoms with Crippen LogP contribution in [0.25, 0.3) is 0 Å². The van der Waals surface area contributed by atoms with Crippen molar-refractivity contribution in [3.63, 3.8) is 0 Å². The number of benzene rings is 3. The molecule has 3 aromatic carbocycles. The molecule has 0 aliphatic rings. The number of hydrogen-bond acceptors (Lipinski definition) is 6. The Hall–Kier alpha value is -2.70. The second-order valence-corrected chi connectivity index (χ2v) is 7.43. The van der Waals surface area contributed by atoms with Crippen molar-refractivity contribution in [1.29, 1.82) is 5.26 Å². The van der Waals surface area contributed by atoms with Crippen LogP contribution in [-0.4, -0.2) is 16.8 Å². The molecule has 4 N–H and O–H groups in total. The molecule has 0 radical (unpaired) electrons. The van der Waals surface area contributed by atoms with Crippen molar-refractivity contribution in [2.45, 2.75) is 12.1 Å². The minimum absolute atomic E-state index is 0.0943. The van der Waals surface area contributed by atoms with Gasteiger partial charge in [0.1, 0.15) is 18.0 Å². The van der Waals surface area contributed by atoms with E-state index in [0.29, 0.717) is 21.2 Å². The lowest BCUT2D eigenvalue weighted by Crippen LogP contribution is -2.39. The molecule has 0 saturated carbocycles. The van der Waals surface area contributed by atoms with Gasteiger partial charge < -0.3 is 15.1 Å². The van der Waals surface area contributed by atoms with Crippen LogP contribution in [0.4, 0.5) is 4.39 Å². The van der Waals surface area contributed by atoms with Gasteiger partial charge in [-0.15, -0.1) is 0 Å². The third-order valence-electron chi connectivity index (χ3n) is 4.53. The fraction of sp³-hybridized carbons (Fsp3) is 0.136. The number of nitrogens with one attached hydrogen (secondary N) is 2. The molecule has 0 amide bonds. The van der Waals surface area contributed by atoms with E-state index in [1.54, 1.807) is 48.5 Å². The van der Waals surface area contributed by atoms with E-state index in [1.807, 2.05) is 0 Å². The van der Waals surface area contributed by atoms with Crippen molar-refractivity contribution < 1.29 is 19.4 Å². The average Bonchev–Trinajstić information content (AvgIpc) is 2.77. The number of aliphatic hydroxyl groups excluding tert-OH is 2. The SMILES string of the molecule is N#Cc1ccc(ONNC(c2ccc(Cl)cc2)c2ccc(Cl)cc2C(O)CO)cc1F. The Kier molecular flexibility index (Phi) is 7.82. The molecule has 3 rings (SSSR count). The van der Waals surface area contributed by atoms with Crippen LogP contribution in [-0.2, 0) is 0 Å². The summed E-state index contributed by atoms with van der Waals surface area (Å²) >= 11 is 12.1. The van der Waals surface area contributed by atoms with Crippen molar-refractivity contribution in [1.82, 2.24) is 11.0 Å². The molecule has 0 aliphatic carbocycles. The lowest BCUT2D eigenvalue weighted by Gasteiger charge is -2.24. The summed E-state index contributed by atoms with van der Waals surface area (Å²) in [6, 6.07) is 16.9. The molecule has 0 heterocycles. The quantitative estimate of drug-likeness (QED) is 0.375. The molecule has 0 saturated heterocycles. The largest absolute Gasteiger partial charge is 0.394 e. The van der Waals surface area contributed by atoms with E-state index in [2.05, 4.69) is 11.0 Å². The lowest BCUT2D eigenvalue weighted by atomic mass is 9.92. The predicted molar refractivity (Wildman–Crippen MR) is 115 cm³/mol. The van der Waals surface area contributed by atoms with Crippen LogP contribution in [0.5, 0.6) is 5.75 Å². The molecule has 160 valence electrons.